The molecule has 0 aliphatic heterocycles. The molecule has 0 spiro atoms. The summed E-state index contributed by atoms with van der Waals surface area (Å²) in [7, 11) is 1.63. The standard InChI is InChI=1S/C19H14N2OS/c1-22-18-10-6-5-9-14(18)17-11-15(13-7-3-2-4-8-13)16(12-20)19(23)21-17/h2-11H,1H3,(H,21,23). The Morgan fingerprint density at radius 1 is 1.00 bits per heavy atom. The maximum absolute atomic E-state index is 9.46. The third kappa shape index (κ3) is 2.87. The van der Waals surface area contributed by atoms with Gasteiger partial charge < -0.3 is 9.72 Å². The Bertz CT molecular complexity index is 940. The number of para-hydroxylation sites is 1. The van der Waals surface area contributed by atoms with Crippen LogP contribution in [0.1, 0.15) is 5.56 Å². The summed E-state index contributed by atoms with van der Waals surface area (Å²) in [6, 6.07) is 21.6. The van der Waals surface area contributed by atoms with Gasteiger partial charge in [-0.15, -0.1) is 0 Å². The minimum Gasteiger partial charge on any atom is -0.496 e. The summed E-state index contributed by atoms with van der Waals surface area (Å²) in [4.78, 5) is 3.14. The molecule has 1 N–H and O–H groups in total. The molecule has 2 aromatic carbocycles. The average molecular weight is 318 g/mol. The molecule has 0 amide bonds. The number of H-pyrrole nitrogens is 1. The van der Waals surface area contributed by atoms with Gasteiger partial charge in [0.1, 0.15) is 16.5 Å². The number of nitrogens with zero attached hydrogens (tertiary/aromatic N) is 1. The Balaban J connectivity index is 2.28. The Hall–Kier alpha value is -2.90. The number of aromatic nitrogens is 1. The first-order valence-corrected chi connectivity index (χ1v) is 7.51. The van der Waals surface area contributed by atoms with Crippen molar-refractivity contribution in [2.45, 2.75) is 0 Å². The molecule has 4 heteroatoms. The fraction of sp³-hybridized carbons (Fsp3) is 0.0526. The maximum atomic E-state index is 9.46. The summed E-state index contributed by atoms with van der Waals surface area (Å²) < 4.78 is 5.85. The van der Waals surface area contributed by atoms with E-state index in [0.717, 1.165) is 28.1 Å². The van der Waals surface area contributed by atoms with Crippen molar-refractivity contribution in [2.24, 2.45) is 0 Å². The lowest BCUT2D eigenvalue weighted by Gasteiger charge is -2.12. The minimum atomic E-state index is 0.426. The van der Waals surface area contributed by atoms with Gasteiger partial charge in [-0.1, -0.05) is 54.7 Å². The van der Waals surface area contributed by atoms with Crippen LogP contribution in [-0.4, -0.2) is 12.1 Å². The van der Waals surface area contributed by atoms with E-state index >= 15 is 0 Å². The van der Waals surface area contributed by atoms with Crippen LogP contribution in [-0.2, 0) is 0 Å². The van der Waals surface area contributed by atoms with Crippen LogP contribution >= 0.6 is 12.2 Å². The quantitative estimate of drug-likeness (QED) is 0.694. The van der Waals surface area contributed by atoms with E-state index in [2.05, 4.69) is 11.1 Å². The van der Waals surface area contributed by atoms with Gasteiger partial charge in [-0.2, -0.15) is 5.26 Å². The first-order valence-electron chi connectivity index (χ1n) is 7.11. The number of nitriles is 1. The molecule has 1 aromatic heterocycles. The minimum absolute atomic E-state index is 0.426. The van der Waals surface area contributed by atoms with Crippen LogP contribution in [0.15, 0.2) is 60.7 Å². The van der Waals surface area contributed by atoms with Gasteiger partial charge in [0.2, 0.25) is 0 Å². The predicted molar refractivity (Wildman–Crippen MR) is 93.8 cm³/mol. The third-order valence-electron chi connectivity index (χ3n) is 3.63. The molecule has 0 aliphatic carbocycles. The van der Waals surface area contributed by atoms with E-state index in [0.29, 0.717) is 10.2 Å². The molecule has 0 radical (unpaired) electrons. The van der Waals surface area contributed by atoms with Gasteiger partial charge in [0.15, 0.2) is 0 Å². The van der Waals surface area contributed by atoms with Crippen molar-refractivity contribution in [1.29, 1.82) is 5.26 Å². The molecule has 0 saturated carbocycles. The summed E-state index contributed by atoms with van der Waals surface area (Å²) in [6.45, 7) is 0. The van der Waals surface area contributed by atoms with Gasteiger partial charge in [-0.05, 0) is 23.8 Å². The number of hydrogen-bond acceptors (Lipinski definition) is 3. The summed E-state index contributed by atoms with van der Waals surface area (Å²) in [5, 5.41) is 9.46. The second-order valence-electron chi connectivity index (χ2n) is 4.98. The highest BCUT2D eigenvalue weighted by molar-refractivity contribution is 7.71. The fourth-order valence-electron chi connectivity index (χ4n) is 2.53. The zero-order valence-corrected chi connectivity index (χ0v) is 13.4. The first kappa shape index (κ1) is 15.0. The molecule has 112 valence electrons. The van der Waals surface area contributed by atoms with Crippen molar-refractivity contribution in [1.82, 2.24) is 4.98 Å². The Labute approximate surface area is 139 Å². The molecule has 0 saturated heterocycles. The lowest BCUT2D eigenvalue weighted by molar-refractivity contribution is 0.416. The number of hydrogen-bond donors (Lipinski definition) is 1. The summed E-state index contributed by atoms with van der Waals surface area (Å²) >= 11 is 5.39. The van der Waals surface area contributed by atoms with Crippen LogP contribution in [0.3, 0.4) is 0 Å². The van der Waals surface area contributed by atoms with E-state index in [1.165, 1.54) is 0 Å². The average Bonchev–Trinajstić information content (AvgIpc) is 2.61. The number of rotatable bonds is 3. The number of nitrogens with one attached hydrogen (secondary N) is 1. The molecular weight excluding hydrogens is 304 g/mol. The van der Waals surface area contributed by atoms with Crippen molar-refractivity contribution in [3.63, 3.8) is 0 Å². The molecule has 0 fully saturated rings. The predicted octanol–water partition coefficient (Wildman–Crippen LogP) is 4.96. The van der Waals surface area contributed by atoms with E-state index in [4.69, 9.17) is 17.0 Å². The molecule has 3 nitrogen and oxygen atoms in total. The van der Waals surface area contributed by atoms with Crippen LogP contribution < -0.4 is 4.74 Å². The van der Waals surface area contributed by atoms with Crippen molar-refractivity contribution < 1.29 is 4.74 Å². The molecule has 0 aliphatic rings. The lowest BCUT2D eigenvalue weighted by atomic mass is 9.99. The van der Waals surface area contributed by atoms with Crippen molar-refractivity contribution in [3.8, 4) is 34.2 Å². The van der Waals surface area contributed by atoms with Gasteiger partial charge in [0, 0.05) is 11.1 Å². The molecule has 0 unspecified atom stereocenters. The van der Waals surface area contributed by atoms with Gasteiger partial charge in [0.05, 0.1) is 18.4 Å². The number of pyridine rings is 1. The van der Waals surface area contributed by atoms with Crippen molar-refractivity contribution in [3.05, 3.63) is 70.9 Å². The number of methoxy groups -OCH3 is 1. The Morgan fingerprint density at radius 3 is 2.39 bits per heavy atom. The normalized spacial score (nSPS) is 10.1. The van der Waals surface area contributed by atoms with Crippen LogP contribution in [0.4, 0.5) is 0 Å². The van der Waals surface area contributed by atoms with E-state index in [1.807, 2.05) is 60.7 Å². The zero-order valence-electron chi connectivity index (χ0n) is 12.5. The molecule has 23 heavy (non-hydrogen) atoms. The van der Waals surface area contributed by atoms with Crippen molar-refractivity contribution in [2.75, 3.05) is 7.11 Å². The van der Waals surface area contributed by atoms with Gasteiger partial charge in [-0.25, -0.2) is 0 Å². The molecule has 3 rings (SSSR count). The maximum Gasteiger partial charge on any atom is 0.128 e. The van der Waals surface area contributed by atoms with Crippen LogP contribution in [0.25, 0.3) is 22.4 Å². The first-order chi connectivity index (χ1) is 11.2. The van der Waals surface area contributed by atoms with Gasteiger partial charge in [-0.3, -0.25) is 0 Å². The largest absolute Gasteiger partial charge is 0.496 e. The highest BCUT2D eigenvalue weighted by Crippen LogP contribution is 2.32. The second kappa shape index (κ2) is 6.47. The third-order valence-corrected chi connectivity index (χ3v) is 3.93. The summed E-state index contributed by atoms with van der Waals surface area (Å²) in [6.07, 6.45) is 0. The number of ether oxygens (including phenoxy) is 1. The lowest BCUT2D eigenvalue weighted by Crippen LogP contribution is -1.95. The van der Waals surface area contributed by atoms with E-state index < -0.39 is 0 Å². The molecule has 0 atom stereocenters. The Morgan fingerprint density at radius 2 is 1.70 bits per heavy atom. The molecule has 3 aromatic rings. The monoisotopic (exact) mass is 318 g/mol. The molecule has 0 bridgehead atoms. The number of aromatic amines is 1. The van der Waals surface area contributed by atoms with E-state index in [1.54, 1.807) is 7.11 Å². The fourth-order valence-corrected chi connectivity index (χ4v) is 2.79. The second-order valence-corrected chi connectivity index (χ2v) is 5.39. The summed E-state index contributed by atoms with van der Waals surface area (Å²) in [5.41, 5.74) is 3.98. The SMILES string of the molecule is COc1ccccc1-c1cc(-c2ccccc2)c(C#N)c(=S)[nH]1. The Kier molecular flexibility index (Phi) is 4.22. The van der Waals surface area contributed by atoms with E-state index in [9.17, 15) is 5.26 Å². The highest BCUT2D eigenvalue weighted by Gasteiger charge is 2.12. The van der Waals surface area contributed by atoms with Crippen LogP contribution in [0.5, 0.6) is 5.75 Å². The molecular formula is C19H14N2OS. The smallest absolute Gasteiger partial charge is 0.128 e. The van der Waals surface area contributed by atoms with Gasteiger partial charge >= 0.3 is 0 Å². The number of benzene rings is 2. The van der Waals surface area contributed by atoms with Crippen molar-refractivity contribution >= 4 is 12.2 Å². The van der Waals surface area contributed by atoms with Crippen LogP contribution in [0.2, 0.25) is 0 Å². The zero-order chi connectivity index (χ0) is 16.2. The van der Waals surface area contributed by atoms with Gasteiger partial charge in [0.25, 0.3) is 0 Å². The topological polar surface area (TPSA) is 48.8 Å². The highest BCUT2D eigenvalue weighted by atomic mass is 32.1. The van der Waals surface area contributed by atoms with Crippen LogP contribution in [0, 0.1) is 16.0 Å². The summed E-state index contributed by atoms with van der Waals surface area (Å²) in [5.74, 6) is 0.752. The van der Waals surface area contributed by atoms with E-state index in [-0.39, 0.29) is 0 Å². The molecule has 1 heterocycles.